The monoisotopic (exact) mass is 496 g/mol. The van der Waals surface area contributed by atoms with Crippen molar-refractivity contribution >= 4 is 11.9 Å². The zero-order chi connectivity index (χ0) is 25.1. The molecule has 0 unspecified atom stereocenters. The highest BCUT2D eigenvalue weighted by molar-refractivity contribution is 5.85. The van der Waals surface area contributed by atoms with Gasteiger partial charge in [-0.15, -0.1) is 0 Å². The molecule has 2 saturated heterocycles. The number of phenolic OH excluding ortho intramolecular Hbond substituents is 2. The molecule has 36 heavy (non-hydrogen) atoms. The summed E-state index contributed by atoms with van der Waals surface area (Å²) in [5.74, 6) is -2.66. The van der Waals surface area contributed by atoms with E-state index in [1.807, 2.05) is 0 Å². The fraction of sp³-hybridized carbons (Fsp3) is 0.500. The molecule has 0 aromatic heterocycles. The molecule has 5 rings (SSSR count). The lowest BCUT2D eigenvalue weighted by molar-refractivity contribution is -0.177. The number of carbonyl (C=O) groups is 2. The largest absolute Gasteiger partial charge is 0.508 e. The number of ether oxygens (including phenoxy) is 4. The van der Waals surface area contributed by atoms with E-state index in [1.54, 1.807) is 48.5 Å². The summed E-state index contributed by atoms with van der Waals surface area (Å²) in [5, 5.41) is 19.7. The van der Waals surface area contributed by atoms with Gasteiger partial charge in [0.25, 0.3) is 0 Å². The standard InChI is InChI=1S/C28H32O8/c29-19-5-1-17(2-6-19)23-25(27(31)35-21-9-13-33-14-10-21)24(18-3-7-20(30)8-4-18)26(23)28(32)36-22-11-15-34-16-12-22/h1-8,21-26,29-30H,9-16H2. The minimum atomic E-state index is -0.617. The number of carbonyl (C=O) groups excluding carboxylic acids is 2. The Morgan fingerprint density at radius 3 is 1.28 bits per heavy atom. The van der Waals surface area contributed by atoms with Gasteiger partial charge in [-0.2, -0.15) is 0 Å². The van der Waals surface area contributed by atoms with Crippen LogP contribution in [-0.2, 0) is 28.5 Å². The van der Waals surface area contributed by atoms with Gasteiger partial charge in [-0.05, 0) is 35.4 Å². The van der Waals surface area contributed by atoms with Crippen molar-refractivity contribution in [2.45, 2.75) is 49.7 Å². The third kappa shape index (κ3) is 5.20. The van der Waals surface area contributed by atoms with Crippen LogP contribution in [0.3, 0.4) is 0 Å². The van der Waals surface area contributed by atoms with E-state index in [-0.39, 0.29) is 35.6 Å². The van der Waals surface area contributed by atoms with E-state index in [9.17, 15) is 19.8 Å². The fourth-order valence-electron chi connectivity index (χ4n) is 5.63. The van der Waals surface area contributed by atoms with Crippen LogP contribution in [-0.4, -0.2) is 60.8 Å². The van der Waals surface area contributed by atoms with Crippen molar-refractivity contribution in [3.63, 3.8) is 0 Å². The molecule has 192 valence electrons. The molecule has 0 radical (unpaired) electrons. The van der Waals surface area contributed by atoms with E-state index in [0.717, 1.165) is 11.1 Å². The molecule has 0 spiro atoms. The molecule has 1 saturated carbocycles. The number of aromatic hydroxyl groups is 2. The predicted octanol–water partition coefficient (Wildman–Crippen LogP) is 3.66. The first kappa shape index (κ1) is 24.6. The third-order valence-corrected chi connectivity index (χ3v) is 7.55. The van der Waals surface area contributed by atoms with Gasteiger partial charge in [0.2, 0.25) is 0 Å². The summed E-state index contributed by atoms with van der Waals surface area (Å²) in [5.41, 5.74) is 1.54. The molecule has 8 heteroatoms. The molecule has 8 nitrogen and oxygen atoms in total. The van der Waals surface area contributed by atoms with Gasteiger partial charge in [0.1, 0.15) is 23.7 Å². The summed E-state index contributed by atoms with van der Waals surface area (Å²) in [7, 11) is 0. The van der Waals surface area contributed by atoms with Crippen LogP contribution in [0.1, 0.15) is 48.6 Å². The second-order valence-electron chi connectivity index (χ2n) is 9.78. The summed E-state index contributed by atoms with van der Waals surface area (Å²) in [4.78, 5) is 27.2. The second-order valence-corrected chi connectivity index (χ2v) is 9.78. The smallest absolute Gasteiger partial charge is 0.310 e. The quantitative estimate of drug-likeness (QED) is 0.583. The van der Waals surface area contributed by atoms with Crippen LogP contribution in [0.25, 0.3) is 0 Å². The number of phenols is 2. The first-order valence-electron chi connectivity index (χ1n) is 12.7. The SMILES string of the molecule is O=C(OC1CCOCC1)C1C(c2ccc(O)cc2)C(C(=O)OC2CCOCC2)C1c1ccc(O)cc1. The molecule has 2 N–H and O–H groups in total. The maximum absolute atomic E-state index is 13.6. The predicted molar refractivity (Wildman–Crippen MR) is 129 cm³/mol. The van der Waals surface area contributed by atoms with Crippen molar-refractivity contribution in [2.24, 2.45) is 11.8 Å². The van der Waals surface area contributed by atoms with Crippen molar-refractivity contribution in [2.75, 3.05) is 26.4 Å². The lowest BCUT2D eigenvalue weighted by atomic mass is 9.52. The average Bonchev–Trinajstić information content (AvgIpc) is 2.87. The van der Waals surface area contributed by atoms with E-state index >= 15 is 0 Å². The summed E-state index contributed by atoms with van der Waals surface area (Å²) in [6, 6.07) is 13.2. The Hall–Kier alpha value is -3.10. The molecular formula is C28H32O8. The van der Waals surface area contributed by atoms with Crippen molar-refractivity contribution in [3.8, 4) is 11.5 Å². The number of esters is 2. The van der Waals surface area contributed by atoms with E-state index < -0.39 is 23.7 Å². The average molecular weight is 497 g/mol. The zero-order valence-corrected chi connectivity index (χ0v) is 20.1. The molecule has 2 aliphatic heterocycles. The van der Waals surface area contributed by atoms with Gasteiger partial charge < -0.3 is 29.2 Å². The molecule has 3 fully saturated rings. The van der Waals surface area contributed by atoms with Gasteiger partial charge in [0.05, 0.1) is 38.3 Å². The van der Waals surface area contributed by atoms with Gasteiger partial charge in [-0.3, -0.25) is 9.59 Å². The summed E-state index contributed by atoms with van der Waals surface area (Å²) >= 11 is 0. The van der Waals surface area contributed by atoms with Crippen molar-refractivity contribution < 1.29 is 38.7 Å². The Labute approximate surface area is 210 Å². The lowest BCUT2D eigenvalue weighted by Gasteiger charge is -2.50. The van der Waals surface area contributed by atoms with E-state index in [0.29, 0.717) is 52.1 Å². The van der Waals surface area contributed by atoms with E-state index in [1.165, 1.54) is 0 Å². The normalized spacial score (nSPS) is 27.1. The first-order valence-corrected chi connectivity index (χ1v) is 12.7. The Kier molecular flexibility index (Phi) is 7.43. The van der Waals surface area contributed by atoms with Gasteiger partial charge >= 0.3 is 11.9 Å². The summed E-state index contributed by atoms with van der Waals surface area (Å²) in [6.45, 7) is 2.19. The van der Waals surface area contributed by atoms with Crippen LogP contribution in [0.2, 0.25) is 0 Å². The molecule has 2 aromatic carbocycles. The minimum absolute atomic E-state index is 0.107. The van der Waals surface area contributed by atoms with Crippen LogP contribution in [0.15, 0.2) is 48.5 Å². The van der Waals surface area contributed by atoms with Gasteiger partial charge in [0, 0.05) is 37.5 Å². The van der Waals surface area contributed by atoms with Crippen LogP contribution in [0, 0.1) is 11.8 Å². The second kappa shape index (κ2) is 10.9. The topological polar surface area (TPSA) is 112 Å². The molecular weight excluding hydrogens is 464 g/mol. The lowest BCUT2D eigenvalue weighted by Crippen LogP contribution is -2.53. The van der Waals surface area contributed by atoms with E-state index in [4.69, 9.17) is 18.9 Å². The maximum Gasteiger partial charge on any atom is 0.310 e. The number of hydrogen-bond acceptors (Lipinski definition) is 8. The van der Waals surface area contributed by atoms with Crippen LogP contribution >= 0.6 is 0 Å². The molecule has 1 aliphatic carbocycles. The van der Waals surface area contributed by atoms with Crippen molar-refractivity contribution in [1.29, 1.82) is 0 Å². The Morgan fingerprint density at radius 1 is 0.611 bits per heavy atom. The maximum atomic E-state index is 13.6. The Balaban J connectivity index is 1.48. The summed E-state index contributed by atoms with van der Waals surface area (Å²) < 4.78 is 22.7. The summed E-state index contributed by atoms with van der Waals surface area (Å²) in [6.07, 6.45) is 2.12. The van der Waals surface area contributed by atoms with Gasteiger partial charge in [0.15, 0.2) is 0 Å². The molecule has 0 bridgehead atoms. The van der Waals surface area contributed by atoms with Crippen molar-refractivity contribution in [1.82, 2.24) is 0 Å². The molecule has 3 aliphatic rings. The van der Waals surface area contributed by atoms with Crippen LogP contribution < -0.4 is 0 Å². The molecule has 2 heterocycles. The number of benzene rings is 2. The third-order valence-electron chi connectivity index (χ3n) is 7.55. The van der Waals surface area contributed by atoms with Crippen LogP contribution in [0.5, 0.6) is 11.5 Å². The molecule has 2 aromatic rings. The first-order chi connectivity index (χ1) is 17.5. The zero-order valence-electron chi connectivity index (χ0n) is 20.1. The number of rotatable bonds is 6. The minimum Gasteiger partial charge on any atom is -0.508 e. The molecule has 0 amide bonds. The van der Waals surface area contributed by atoms with Crippen molar-refractivity contribution in [3.05, 3.63) is 59.7 Å². The van der Waals surface area contributed by atoms with Gasteiger partial charge in [-0.1, -0.05) is 24.3 Å². The Bertz CT molecular complexity index is 945. The van der Waals surface area contributed by atoms with Crippen LogP contribution in [0.4, 0.5) is 0 Å². The highest BCUT2D eigenvalue weighted by Crippen LogP contribution is 2.59. The Morgan fingerprint density at radius 2 is 0.944 bits per heavy atom. The highest BCUT2D eigenvalue weighted by Gasteiger charge is 2.60. The van der Waals surface area contributed by atoms with Gasteiger partial charge in [-0.25, -0.2) is 0 Å². The highest BCUT2D eigenvalue weighted by atomic mass is 16.6. The fourth-order valence-corrected chi connectivity index (χ4v) is 5.63. The van der Waals surface area contributed by atoms with E-state index in [2.05, 4.69) is 0 Å². The molecule has 0 atom stereocenters. The number of hydrogen-bond donors (Lipinski definition) is 2.